The molecule has 0 aromatic heterocycles. The summed E-state index contributed by atoms with van der Waals surface area (Å²) < 4.78 is 0. The van der Waals surface area contributed by atoms with E-state index in [2.05, 4.69) is 11.4 Å². The number of nitrogens with two attached hydrogens (primary N) is 1. The average Bonchev–Trinajstić information content (AvgIpc) is 2.20. The molecular formula is C11H13N3O. The van der Waals surface area contributed by atoms with Gasteiger partial charge >= 0.3 is 0 Å². The molecule has 1 amide bonds. The van der Waals surface area contributed by atoms with Crippen LogP contribution in [0.4, 0.5) is 5.69 Å². The van der Waals surface area contributed by atoms with Crippen LogP contribution in [0.5, 0.6) is 0 Å². The summed E-state index contributed by atoms with van der Waals surface area (Å²) in [5, 5.41) is 11.5. The Morgan fingerprint density at radius 3 is 2.60 bits per heavy atom. The fourth-order valence-corrected chi connectivity index (χ4v) is 1.16. The van der Waals surface area contributed by atoms with Gasteiger partial charge in [-0.3, -0.25) is 4.79 Å². The summed E-state index contributed by atoms with van der Waals surface area (Å²) in [6, 6.07) is 9.61. The Labute approximate surface area is 88.7 Å². The maximum atomic E-state index is 10.5. The molecule has 4 nitrogen and oxygen atoms in total. The average molecular weight is 203 g/mol. The molecule has 78 valence electrons. The Morgan fingerprint density at radius 1 is 1.40 bits per heavy atom. The number of hydrogen-bond acceptors (Lipinski definition) is 3. The van der Waals surface area contributed by atoms with Gasteiger partial charge < -0.3 is 11.1 Å². The lowest BCUT2D eigenvalue weighted by Gasteiger charge is -2.04. The maximum Gasteiger partial charge on any atom is 0.219 e. The normalized spacial score (nSPS) is 9.27. The van der Waals surface area contributed by atoms with Crippen molar-refractivity contribution in [3.8, 4) is 6.07 Å². The fourth-order valence-electron chi connectivity index (χ4n) is 1.16. The number of nitrogens with zero attached hydrogens (tertiary/aromatic N) is 1. The van der Waals surface area contributed by atoms with E-state index in [9.17, 15) is 4.79 Å². The molecule has 4 heteroatoms. The molecule has 0 saturated heterocycles. The molecule has 1 aromatic carbocycles. The summed E-state index contributed by atoms with van der Waals surface area (Å²) in [7, 11) is 0. The summed E-state index contributed by atoms with van der Waals surface area (Å²) in [5.41, 5.74) is 6.92. The van der Waals surface area contributed by atoms with Gasteiger partial charge in [0, 0.05) is 18.7 Å². The second-order valence-corrected chi connectivity index (χ2v) is 3.17. The van der Waals surface area contributed by atoms with Crippen LogP contribution in [0.25, 0.3) is 0 Å². The van der Waals surface area contributed by atoms with Crippen LogP contribution < -0.4 is 11.1 Å². The van der Waals surface area contributed by atoms with Gasteiger partial charge in [0.15, 0.2) is 0 Å². The highest BCUT2D eigenvalue weighted by molar-refractivity contribution is 5.74. The minimum atomic E-state index is -0.316. The Balaban J connectivity index is 2.43. The van der Waals surface area contributed by atoms with Crippen molar-refractivity contribution in [2.45, 2.75) is 12.8 Å². The number of carbonyl (C=O) groups is 1. The first-order chi connectivity index (χ1) is 7.22. The molecule has 0 bridgehead atoms. The molecule has 0 fully saturated rings. The predicted molar refractivity (Wildman–Crippen MR) is 58.1 cm³/mol. The van der Waals surface area contributed by atoms with E-state index in [1.165, 1.54) is 0 Å². The van der Waals surface area contributed by atoms with Crippen molar-refractivity contribution in [3.63, 3.8) is 0 Å². The Morgan fingerprint density at radius 2 is 2.07 bits per heavy atom. The number of benzene rings is 1. The minimum Gasteiger partial charge on any atom is -0.385 e. The lowest BCUT2D eigenvalue weighted by molar-refractivity contribution is -0.117. The van der Waals surface area contributed by atoms with Crippen molar-refractivity contribution >= 4 is 11.6 Å². The van der Waals surface area contributed by atoms with Gasteiger partial charge in [-0.2, -0.15) is 5.26 Å². The minimum absolute atomic E-state index is 0.316. The van der Waals surface area contributed by atoms with E-state index in [4.69, 9.17) is 11.0 Å². The highest BCUT2D eigenvalue weighted by Gasteiger charge is 1.95. The number of rotatable bonds is 5. The Kier molecular flexibility index (Phi) is 4.17. The summed E-state index contributed by atoms with van der Waals surface area (Å²) in [5.74, 6) is -0.316. The van der Waals surface area contributed by atoms with Gasteiger partial charge in [0.2, 0.25) is 5.91 Å². The topological polar surface area (TPSA) is 78.9 Å². The number of nitriles is 1. The van der Waals surface area contributed by atoms with Gasteiger partial charge in [-0.25, -0.2) is 0 Å². The lowest BCUT2D eigenvalue weighted by atomic mass is 10.1. The predicted octanol–water partition coefficient (Wildman–Crippen LogP) is 1.04. The first-order valence-corrected chi connectivity index (χ1v) is 4.70. The molecule has 3 N–H and O–H groups in total. The molecule has 0 spiro atoms. The molecule has 15 heavy (non-hydrogen) atoms. The molecule has 1 rings (SSSR count). The molecule has 1 aromatic rings. The van der Waals surface area contributed by atoms with Gasteiger partial charge in [0.25, 0.3) is 0 Å². The number of nitrogens with one attached hydrogen (secondary N) is 1. The van der Waals surface area contributed by atoms with Crippen LogP contribution >= 0.6 is 0 Å². The van der Waals surface area contributed by atoms with E-state index in [-0.39, 0.29) is 5.91 Å². The van der Waals surface area contributed by atoms with Gasteiger partial charge in [0.05, 0.1) is 12.5 Å². The summed E-state index contributed by atoms with van der Waals surface area (Å²) in [6.07, 6.45) is 0.738. The standard InChI is InChI=1S/C11H13N3O/c12-7-5-9-1-3-10(4-2-9)14-8-6-11(13)15/h1-4,14H,5-6,8H2,(H2,13,15). The molecule has 0 aliphatic heterocycles. The third kappa shape index (κ3) is 4.14. The van der Waals surface area contributed by atoms with Crippen LogP contribution in [0, 0.1) is 11.3 Å². The van der Waals surface area contributed by atoms with Crippen LogP contribution in [0.2, 0.25) is 0 Å². The van der Waals surface area contributed by atoms with Crippen molar-refractivity contribution in [2.75, 3.05) is 11.9 Å². The van der Waals surface area contributed by atoms with Gasteiger partial charge in [-0.1, -0.05) is 12.1 Å². The largest absolute Gasteiger partial charge is 0.385 e. The number of primary amides is 1. The molecule has 0 aliphatic carbocycles. The second-order valence-electron chi connectivity index (χ2n) is 3.17. The zero-order chi connectivity index (χ0) is 11.1. The zero-order valence-electron chi connectivity index (χ0n) is 8.36. The summed E-state index contributed by atoms with van der Waals surface area (Å²) >= 11 is 0. The van der Waals surface area contributed by atoms with Crippen LogP contribution in [-0.4, -0.2) is 12.5 Å². The number of anilines is 1. The van der Waals surface area contributed by atoms with E-state index >= 15 is 0 Å². The molecule has 0 unspecified atom stereocenters. The van der Waals surface area contributed by atoms with Crippen molar-refractivity contribution in [1.29, 1.82) is 5.26 Å². The fraction of sp³-hybridized carbons (Fsp3) is 0.273. The Bertz CT molecular complexity index is 364. The highest BCUT2D eigenvalue weighted by Crippen LogP contribution is 2.09. The summed E-state index contributed by atoms with van der Waals surface area (Å²) in [4.78, 5) is 10.5. The molecule has 0 atom stereocenters. The van der Waals surface area contributed by atoms with Crippen molar-refractivity contribution < 1.29 is 4.79 Å². The quantitative estimate of drug-likeness (QED) is 0.750. The number of amides is 1. The van der Waals surface area contributed by atoms with Crippen molar-refractivity contribution in [2.24, 2.45) is 5.73 Å². The summed E-state index contributed by atoms with van der Waals surface area (Å²) in [6.45, 7) is 0.535. The van der Waals surface area contributed by atoms with E-state index in [0.29, 0.717) is 19.4 Å². The molecule has 0 saturated carbocycles. The molecule has 0 aliphatic rings. The van der Waals surface area contributed by atoms with Gasteiger partial charge in [-0.15, -0.1) is 0 Å². The smallest absolute Gasteiger partial charge is 0.219 e. The maximum absolute atomic E-state index is 10.5. The first-order valence-electron chi connectivity index (χ1n) is 4.70. The number of carbonyl (C=O) groups excluding carboxylic acids is 1. The number of hydrogen-bond donors (Lipinski definition) is 2. The lowest BCUT2D eigenvalue weighted by Crippen LogP contribution is -2.15. The third-order valence-electron chi connectivity index (χ3n) is 1.94. The van der Waals surface area contributed by atoms with Crippen molar-refractivity contribution in [3.05, 3.63) is 29.8 Å². The molecule has 0 radical (unpaired) electrons. The van der Waals surface area contributed by atoms with E-state index in [1.807, 2.05) is 24.3 Å². The van der Waals surface area contributed by atoms with E-state index in [1.54, 1.807) is 0 Å². The Hall–Kier alpha value is -2.02. The van der Waals surface area contributed by atoms with Crippen LogP contribution in [-0.2, 0) is 11.2 Å². The third-order valence-corrected chi connectivity index (χ3v) is 1.94. The van der Waals surface area contributed by atoms with Gasteiger partial charge in [0.1, 0.15) is 0 Å². The highest BCUT2D eigenvalue weighted by atomic mass is 16.1. The van der Waals surface area contributed by atoms with E-state index < -0.39 is 0 Å². The SMILES string of the molecule is N#CCc1ccc(NCCC(N)=O)cc1. The van der Waals surface area contributed by atoms with Gasteiger partial charge in [-0.05, 0) is 17.7 Å². The molecule has 0 heterocycles. The second kappa shape index (κ2) is 5.66. The zero-order valence-corrected chi connectivity index (χ0v) is 8.36. The van der Waals surface area contributed by atoms with Crippen LogP contribution in [0.15, 0.2) is 24.3 Å². The first kappa shape index (κ1) is 11.1. The van der Waals surface area contributed by atoms with Crippen molar-refractivity contribution in [1.82, 2.24) is 0 Å². The monoisotopic (exact) mass is 203 g/mol. The van der Waals surface area contributed by atoms with E-state index in [0.717, 1.165) is 11.3 Å². The molecular weight excluding hydrogens is 190 g/mol. The van der Waals surface area contributed by atoms with Crippen LogP contribution in [0.1, 0.15) is 12.0 Å². The van der Waals surface area contributed by atoms with Crippen LogP contribution in [0.3, 0.4) is 0 Å².